The van der Waals surface area contributed by atoms with Crippen LogP contribution in [-0.2, 0) is 0 Å². The number of benzene rings is 1. The molecule has 0 heterocycles. The van der Waals surface area contributed by atoms with E-state index in [0.717, 1.165) is 0 Å². The molecule has 13 heavy (non-hydrogen) atoms. The van der Waals surface area contributed by atoms with Crippen molar-refractivity contribution in [3.8, 4) is 5.75 Å². The lowest BCUT2D eigenvalue weighted by Gasteiger charge is -2.09. The molecule has 1 aromatic rings. The molecule has 0 unspecified atom stereocenters. The molecule has 0 spiro atoms. The van der Waals surface area contributed by atoms with Gasteiger partial charge in [0.15, 0.2) is 0 Å². The average molecular weight is 271 g/mol. The predicted octanol–water partition coefficient (Wildman–Crippen LogP) is 4.01. The zero-order valence-corrected chi connectivity index (χ0v) is 8.99. The van der Waals surface area contributed by atoms with E-state index in [-0.39, 0.29) is 5.75 Å². The van der Waals surface area contributed by atoms with Crippen LogP contribution in [0, 0.1) is 6.92 Å². The Morgan fingerprint density at radius 1 is 1.46 bits per heavy atom. The van der Waals surface area contributed by atoms with Crippen LogP contribution in [0.3, 0.4) is 0 Å². The highest BCUT2D eigenvalue weighted by Crippen LogP contribution is 2.32. The molecule has 0 aliphatic heterocycles. The minimum absolute atomic E-state index is 0.100. The summed E-state index contributed by atoms with van der Waals surface area (Å²) in [6.07, 6.45) is 0. The van der Waals surface area contributed by atoms with Gasteiger partial charge >= 0.3 is 6.61 Å². The van der Waals surface area contributed by atoms with E-state index >= 15 is 0 Å². The maximum absolute atomic E-state index is 11.9. The standard InChI is InChI=1S/C8H6BrClF2O/c1-4-6(13-8(11)12)3-2-5(9)7(4)10/h2-3,8H,1H3. The lowest BCUT2D eigenvalue weighted by molar-refractivity contribution is -0.0502. The van der Waals surface area contributed by atoms with E-state index in [4.69, 9.17) is 11.6 Å². The number of hydrogen-bond donors (Lipinski definition) is 0. The van der Waals surface area contributed by atoms with Gasteiger partial charge in [0, 0.05) is 10.0 Å². The Bertz CT molecular complexity index is 317. The largest absolute Gasteiger partial charge is 0.435 e. The Morgan fingerprint density at radius 2 is 2.08 bits per heavy atom. The van der Waals surface area contributed by atoms with E-state index < -0.39 is 6.61 Å². The summed E-state index contributed by atoms with van der Waals surface area (Å²) in [7, 11) is 0. The van der Waals surface area contributed by atoms with Gasteiger partial charge < -0.3 is 4.74 Å². The third-order valence-electron chi connectivity index (χ3n) is 1.51. The molecule has 0 amide bonds. The summed E-state index contributed by atoms with van der Waals surface area (Å²) >= 11 is 8.97. The van der Waals surface area contributed by atoms with Gasteiger partial charge in [0.05, 0.1) is 5.02 Å². The topological polar surface area (TPSA) is 9.23 Å². The lowest BCUT2D eigenvalue weighted by atomic mass is 10.2. The van der Waals surface area contributed by atoms with Crippen LogP contribution in [0.2, 0.25) is 5.02 Å². The Kier molecular flexibility index (Phi) is 3.50. The van der Waals surface area contributed by atoms with E-state index in [9.17, 15) is 8.78 Å². The Balaban J connectivity index is 3.04. The van der Waals surface area contributed by atoms with Crippen LogP contribution >= 0.6 is 27.5 Å². The zero-order chi connectivity index (χ0) is 10.0. The number of rotatable bonds is 2. The maximum atomic E-state index is 11.9. The summed E-state index contributed by atoms with van der Waals surface area (Å²) in [5.74, 6) is 0.100. The molecule has 0 bridgehead atoms. The molecule has 0 radical (unpaired) electrons. The van der Waals surface area contributed by atoms with Crippen molar-refractivity contribution in [3.05, 3.63) is 27.2 Å². The van der Waals surface area contributed by atoms with E-state index in [0.29, 0.717) is 15.1 Å². The first-order valence-electron chi connectivity index (χ1n) is 3.41. The summed E-state index contributed by atoms with van der Waals surface area (Å²) in [4.78, 5) is 0. The molecule has 0 aliphatic carbocycles. The number of hydrogen-bond acceptors (Lipinski definition) is 1. The molecule has 0 saturated heterocycles. The smallest absolute Gasteiger partial charge is 0.387 e. The molecule has 0 aliphatic rings. The molecule has 0 saturated carbocycles. The summed E-state index contributed by atoms with van der Waals surface area (Å²) < 4.78 is 28.6. The van der Waals surface area contributed by atoms with Crippen molar-refractivity contribution >= 4 is 27.5 Å². The second-order valence-corrected chi connectivity index (χ2v) is 3.60. The van der Waals surface area contributed by atoms with Crippen LogP contribution in [0.1, 0.15) is 5.56 Å². The number of halogens is 4. The van der Waals surface area contributed by atoms with Gasteiger partial charge in [-0.1, -0.05) is 11.6 Å². The second kappa shape index (κ2) is 4.24. The molecule has 0 N–H and O–H groups in total. The molecule has 0 aromatic heterocycles. The first-order valence-corrected chi connectivity index (χ1v) is 4.59. The van der Waals surface area contributed by atoms with Crippen molar-refractivity contribution in [1.82, 2.24) is 0 Å². The first kappa shape index (κ1) is 10.7. The van der Waals surface area contributed by atoms with Gasteiger partial charge in [-0.25, -0.2) is 0 Å². The molecule has 1 nitrogen and oxygen atoms in total. The SMILES string of the molecule is Cc1c(OC(F)F)ccc(Br)c1Cl. The monoisotopic (exact) mass is 270 g/mol. The summed E-state index contributed by atoms with van der Waals surface area (Å²) in [6.45, 7) is -1.21. The van der Waals surface area contributed by atoms with E-state index in [1.807, 2.05) is 0 Å². The molecular formula is C8H6BrClF2O. The predicted molar refractivity (Wildman–Crippen MR) is 50.5 cm³/mol. The third kappa shape index (κ3) is 2.54. The fourth-order valence-corrected chi connectivity index (χ4v) is 1.44. The van der Waals surface area contributed by atoms with Crippen molar-refractivity contribution in [2.45, 2.75) is 13.5 Å². The Hall–Kier alpha value is -0.350. The van der Waals surface area contributed by atoms with Crippen molar-refractivity contribution in [3.63, 3.8) is 0 Å². The zero-order valence-electron chi connectivity index (χ0n) is 6.65. The highest BCUT2D eigenvalue weighted by atomic mass is 79.9. The van der Waals surface area contributed by atoms with Crippen molar-refractivity contribution in [2.75, 3.05) is 0 Å². The van der Waals surface area contributed by atoms with Gasteiger partial charge in [-0.2, -0.15) is 8.78 Å². The molecule has 72 valence electrons. The quantitative estimate of drug-likeness (QED) is 0.789. The third-order valence-corrected chi connectivity index (χ3v) is 2.88. The molecule has 5 heteroatoms. The fourth-order valence-electron chi connectivity index (χ4n) is 0.858. The van der Waals surface area contributed by atoms with Crippen molar-refractivity contribution < 1.29 is 13.5 Å². The van der Waals surface area contributed by atoms with Crippen LogP contribution < -0.4 is 4.74 Å². The van der Waals surface area contributed by atoms with Crippen LogP contribution in [-0.4, -0.2) is 6.61 Å². The van der Waals surface area contributed by atoms with Crippen LogP contribution in [0.25, 0.3) is 0 Å². The van der Waals surface area contributed by atoms with Gasteiger partial charge in [0.2, 0.25) is 0 Å². The molecule has 0 atom stereocenters. The van der Waals surface area contributed by atoms with Gasteiger partial charge in [-0.15, -0.1) is 0 Å². The minimum atomic E-state index is -2.82. The molecular weight excluding hydrogens is 265 g/mol. The maximum Gasteiger partial charge on any atom is 0.387 e. The normalized spacial score (nSPS) is 10.6. The summed E-state index contributed by atoms with van der Waals surface area (Å²) in [6, 6.07) is 3.00. The van der Waals surface area contributed by atoms with Gasteiger partial charge in [0.1, 0.15) is 5.75 Å². The number of ether oxygens (including phenoxy) is 1. The van der Waals surface area contributed by atoms with Gasteiger partial charge in [-0.05, 0) is 35.0 Å². The number of alkyl halides is 2. The second-order valence-electron chi connectivity index (χ2n) is 2.36. The lowest BCUT2D eigenvalue weighted by Crippen LogP contribution is -2.03. The highest BCUT2D eigenvalue weighted by Gasteiger charge is 2.11. The van der Waals surface area contributed by atoms with E-state index in [1.165, 1.54) is 6.07 Å². The van der Waals surface area contributed by atoms with Crippen molar-refractivity contribution in [1.29, 1.82) is 0 Å². The van der Waals surface area contributed by atoms with Crippen LogP contribution in [0.15, 0.2) is 16.6 Å². The van der Waals surface area contributed by atoms with Gasteiger partial charge in [-0.3, -0.25) is 0 Å². The fraction of sp³-hybridized carbons (Fsp3) is 0.250. The first-order chi connectivity index (χ1) is 6.02. The molecule has 1 aromatic carbocycles. The Morgan fingerprint density at radius 3 is 2.62 bits per heavy atom. The van der Waals surface area contributed by atoms with Crippen LogP contribution in [0.4, 0.5) is 8.78 Å². The molecule has 0 fully saturated rings. The van der Waals surface area contributed by atoms with Crippen molar-refractivity contribution in [2.24, 2.45) is 0 Å². The average Bonchev–Trinajstić information content (AvgIpc) is 2.06. The van der Waals surface area contributed by atoms with Gasteiger partial charge in [0.25, 0.3) is 0 Å². The highest BCUT2D eigenvalue weighted by molar-refractivity contribution is 9.10. The summed E-state index contributed by atoms with van der Waals surface area (Å²) in [5.41, 5.74) is 0.497. The molecule has 1 rings (SSSR count). The van der Waals surface area contributed by atoms with E-state index in [1.54, 1.807) is 13.0 Å². The van der Waals surface area contributed by atoms with Crippen LogP contribution in [0.5, 0.6) is 5.75 Å². The minimum Gasteiger partial charge on any atom is -0.435 e. The summed E-state index contributed by atoms with van der Waals surface area (Å²) in [5, 5.41) is 0.387. The van der Waals surface area contributed by atoms with E-state index in [2.05, 4.69) is 20.7 Å². The Labute approximate surface area is 87.8 Å².